The van der Waals surface area contributed by atoms with Crippen molar-refractivity contribution in [3.05, 3.63) is 47.3 Å². The minimum atomic E-state index is -2.92. The van der Waals surface area contributed by atoms with Gasteiger partial charge in [0.05, 0.1) is 12.7 Å². The molecule has 0 spiro atoms. The fourth-order valence-electron chi connectivity index (χ4n) is 2.63. The SMILES string of the molecule is COc1cc(CCNC(=O)c2cnc3n[nH]c(C)c3c2)ccc1OC(F)F. The number of fused-ring (bicyclic) bond motifs is 1. The lowest BCUT2D eigenvalue weighted by Crippen LogP contribution is -2.25. The Kier molecular flexibility index (Phi) is 5.49. The van der Waals surface area contributed by atoms with Gasteiger partial charge in [0.1, 0.15) is 0 Å². The zero-order valence-corrected chi connectivity index (χ0v) is 14.8. The van der Waals surface area contributed by atoms with E-state index in [1.807, 2.05) is 6.92 Å². The Morgan fingerprint density at radius 3 is 2.85 bits per heavy atom. The number of hydrogen-bond acceptors (Lipinski definition) is 5. The van der Waals surface area contributed by atoms with Crippen LogP contribution in [0.2, 0.25) is 0 Å². The molecule has 7 nitrogen and oxygen atoms in total. The molecule has 2 heterocycles. The number of aromatic amines is 1. The van der Waals surface area contributed by atoms with Crippen LogP contribution in [-0.2, 0) is 6.42 Å². The smallest absolute Gasteiger partial charge is 0.387 e. The highest BCUT2D eigenvalue weighted by Gasteiger charge is 2.12. The molecule has 2 aromatic heterocycles. The molecule has 0 radical (unpaired) electrons. The van der Waals surface area contributed by atoms with Crippen molar-refractivity contribution in [2.75, 3.05) is 13.7 Å². The van der Waals surface area contributed by atoms with Crippen molar-refractivity contribution < 1.29 is 23.0 Å². The molecule has 142 valence electrons. The second-order valence-corrected chi connectivity index (χ2v) is 5.81. The van der Waals surface area contributed by atoms with Gasteiger partial charge < -0.3 is 14.8 Å². The summed E-state index contributed by atoms with van der Waals surface area (Å²) in [5.41, 5.74) is 2.64. The number of nitrogens with one attached hydrogen (secondary N) is 2. The van der Waals surface area contributed by atoms with Crippen molar-refractivity contribution >= 4 is 16.9 Å². The maximum Gasteiger partial charge on any atom is 0.387 e. The van der Waals surface area contributed by atoms with E-state index in [0.29, 0.717) is 24.2 Å². The number of alkyl halides is 2. The van der Waals surface area contributed by atoms with Gasteiger partial charge in [0, 0.05) is 23.8 Å². The van der Waals surface area contributed by atoms with Gasteiger partial charge in [0.2, 0.25) is 0 Å². The summed E-state index contributed by atoms with van der Waals surface area (Å²) in [6, 6.07) is 6.40. The summed E-state index contributed by atoms with van der Waals surface area (Å²) in [4.78, 5) is 16.5. The number of nitrogens with zero attached hydrogens (tertiary/aromatic N) is 2. The van der Waals surface area contributed by atoms with E-state index >= 15 is 0 Å². The van der Waals surface area contributed by atoms with Crippen LogP contribution >= 0.6 is 0 Å². The third-order valence-electron chi connectivity index (χ3n) is 4.01. The van der Waals surface area contributed by atoms with Crippen molar-refractivity contribution in [2.45, 2.75) is 20.0 Å². The van der Waals surface area contributed by atoms with Gasteiger partial charge in [-0.2, -0.15) is 13.9 Å². The maximum absolute atomic E-state index is 12.4. The number of rotatable bonds is 7. The minimum Gasteiger partial charge on any atom is -0.493 e. The van der Waals surface area contributed by atoms with Gasteiger partial charge in [-0.3, -0.25) is 9.89 Å². The number of halogens is 2. The topological polar surface area (TPSA) is 89.1 Å². The van der Waals surface area contributed by atoms with Crippen molar-refractivity contribution in [3.8, 4) is 11.5 Å². The normalized spacial score (nSPS) is 11.0. The number of pyridine rings is 1. The molecular formula is C18H18F2N4O3. The number of carbonyl (C=O) groups is 1. The van der Waals surface area contributed by atoms with E-state index in [-0.39, 0.29) is 17.4 Å². The Balaban J connectivity index is 1.61. The number of amides is 1. The summed E-state index contributed by atoms with van der Waals surface area (Å²) in [5, 5.41) is 10.4. The predicted octanol–water partition coefficient (Wildman–Crippen LogP) is 2.85. The maximum atomic E-state index is 12.4. The van der Waals surface area contributed by atoms with Crippen molar-refractivity contribution in [1.82, 2.24) is 20.5 Å². The van der Waals surface area contributed by atoms with Crippen LogP contribution in [0.1, 0.15) is 21.6 Å². The fourth-order valence-corrected chi connectivity index (χ4v) is 2.63. The van der Waals surface area contributed by atoms with E-state index in [1.165, 1.54) is 19.4 Å². The van der Waals surface area contributed by atoms with Gasteiger partial charge in [-0.25, -0.2) is 4.98 Å². The Labute approximate surface area is 153 Å². The average Bonchev–Trinajstić information content (AvgIpc) is 3.02. The van der Waals surface area contributed by atoms with E-state index in [0.717, 1.165) is 16.6 Å². The van der Waals surface area contributed by atoms with Gasteiger partial charge in [0.15, 0.2) is 17.1 Å². The summed E-state index contributed by atoms with van der Waals surface area (Å²) in [6.45, 7) is -0.707. The Hall–Kier alpha value is -3.23. The molecule has 1 aromatic carbocycles. The number of methoxy groups -OCH3 is 1. The van der Waals surface area contributed by atoms with E-state index < -0.39 is 6.61 Å². The second kappa shape index (κ2) is 7.98. The summed E-state index contributed by atoms with van der Waals surface area (Å²) in [6.07, 6.45) is 1.97. The number of H-pyrrole nitrogens is 1. The Morgan fingerprint density at radius 2 is 2.11 bits per heavy atom. The van der Waals surface area contributed by atoms with E-state index in [1.54, 1.807) is 18.2 Å². The standard InChI is InChI=1S/C18H18F2N4O3/c1-10-13-8-12(9-22-16(13)24-23-10)17(25)21-6-5-11-3-4-14(27-18(19)20)15(7-11)26-2/h3-4,7-9,18H,5-6H2,1-2H3,(H,21,25)(H,22,23,24). The molecule has 2 N–H and O–H groups in total. The Morgan fingerprint density at radius 1 is 1.30 bits per heavy atom. The first-order valence-corrected chi connectivity index (χ1v) is 8.18. The zero-order chi connectivity index (χ0) is 19.4. The highest BCUT2D eigenvalue weighted by Crippen LogP contribution is 2.29. The Bertz CT molecular complexity index is 959. The first kappa shape index (κ1) is 18.6. The predicted molar refractivity (Wildman–Crippen MR) is 94.3 cm³/mol. The number of aromatic nitrogens is 3. The molecule has 0 aliphatic heterocycles. The van der Waals surface area contributed by atoms with E-state index in [4.69, 9.17) is 4.74 Å². The zero-order valence-electron chi connectivity index (χ0n) is 14.8. The van der Waals surface area contributed by atoms with E-state index in [2.05, 4.69) is 25.2 Å². The first-order valence-electron chi connectivity index (χ1n) is 8.18. The lowest BCUT2D eigenvalue weighted by molar-refractivity contribution is -0.0512. The van der Waals surface area contributed by atoms with Crippen molar-refractivity contribution in [3.63, 3.8) is 0 Å². The second-order valence-electron chi connectivity index (χ2n) is 5.81. The number of hydrogen-bond donors (Lipinski definition) is 2. The van der Waals surface area contributed by atoms with Crippen LogP contribution < -0.4 is 14.8 Å². The molecule has 3 rings (SSSR count). The van der Waals surface area contributed by atoms with Crippen LogP contribution in [0.4, 0.5) is 8.78 Å². The monoisotopic (exact) mass is 376 g/mol. The van der Waals surface area contributed by atoms with Crippen molar-refractivity contribution in [1.29, 1.82) is 0 Å². The van der Waals surface area contributed by atoms with Gasteiger partial charge in [-0.1, -0.05) is 6.07 Å². The molecule has 0 saturated carbocycles. The van der Waals surface area contributed by atoms with Crippen LogP contribution in [-0.4, -0.2) is 41.4 Å². The molecule has 1 amide bonds. The highest BCUT2D eigenvalue weighted by molar-refractivity contribution is 5.97. The van der Waals surface area contributed by atoms with E-state index in [9.17, 15) is 13.6 Å². The molecule has 0 atom stereocenters. The molecule has 0 aliphatic carbocycles. The third-order valence-corrected chi connectivity index (χ3v) is 4.01. The van der Waals surface area contributed by atoms with Gasteiger partial charge in [0.25, 0.3) is 5.91 Å². The number of benzene rings is 1. The van der Waals surface area contributed by atoms with Gasteiger partial charge in [-0.15, -0.1) is 0 Å². The van der Waals surface area contributed by atoms with Crippen LogP contribution in [0.3, 0.4) is 0 Å². The summed E-state index contributed by atoms with van der Waals surface area (Å²) in [5.74, 6) is -0.0750. The van der Waals surface area contributed by atoms with Crippen LogP contribution in [0, 0.1) is 6.92 Å². The number of ether oxygens (including phenoxy) is 2. The lowest BCUT2D eigenvalue weighted by Gasteiger charge is -2.11. The number of aryl methyl sites for hydroxylation is 1. The molecule has 3 aromatic rings. The molecule has 9 heteroatoms. The number of carbonyl (C=O) groups excluding carboxylic acids is 1. The fraction of sp³-hybridized carbons (Fsp3) is 0.278. The van der Waals surface area contributed by atoms with Gasteiger partial charge in [-0.05, 0) is 37.1 Å². The molecular weight excluding hydrogens is 358 g/mol. The minimum absolute atomic E-state index is 0.0323. The highest BCUT2D eigenvalue weighted by atomic mass is 19.3. The third kappa shape index (κ3) is 4.30. The van der Waals surface area contributed by atoms with Gasteiger partial charge >= 0.3 is 6.61 Å². The lowest BCUT2D eigenvalue weighted by atomic mass is 10.1. The molecule has 0 fully saturated rings. The molecule has 0 aliphatic rings. The average molecular weight is 376 g/mol. The quantitative estimate of drug-likeness (QED) is 0.662. The molecule has 0 bridgehead atoms. The first-order chi connectivity index (χ1) is 13.0. The van der Waals surface area contributed by atoms with Crippen LogP contribution in [0.5, 0.6) is 11.5 Å². The van der Waals surface area contributed by atoms with Crippen molar-refractivity contribution in [2.24, 2.45) is 0 Å². The molecule has 27 heavy (non-hydrogen) atoms. The molecule has 0 saturated heterocycles. The van der Waals surface area contributed by atoms with Crippen LogP contribution in [0.15, 0.2) is 30.5 Å². The summed E-state index contributed by atoms with van der Waals surface area (Å²) >= 11 is 0. The largest absolute Gasteiger partial charge is 0.493 e. The van der Waals surface area contributed by atoms with Crippen LogP contribution in [0.25, 0.3) is 11.0 Å². The molecule has 0 unspecified atom stereocenters. The summed E-state index contributed by atoms with van der Waals surface area (Å²) < 4.78 is 34.2. The summed E-state index contributed by atoms with van der Waals surface area (Å²) in [7, 11) is 1.38.